The molecule has 1 aromatic rings. The van der Waals surface area contributed by atoms with Crippen molar-refractivity contribution in [3.05, 3.63) is 29.8 Å². The predicted molar refractivity (Wildman–Crippen MR) is 88.0 cm³/mol. The van der Waals surface area contributed by atoms with Crippen molar-refractivity contribution in [2.24, 2.45) is 5.92 Å². The molecule has 3 rings (SSSR count). The van der Waals surface area contributed by atoms with Crippen LogP contribution in [0.3, 0.4) is 0 Å². The fourth-order valence-corrected chi connectivity index (χ4v) is 4.20. The third-order valence-electron chi connectivity index (χ3n) is 5.24. The van der Waals surface area contributed by atoms with Gasteiger partial charge >= 0.3 is 0 Å². The predicted octanol–water partition coefficient (Wildman–Crippen LogP) is 4.50. The van der Waals surface area contributed by atoms with E-state index in [2.05, 4.69) is 36.5 Å². The van der Waals surface area contributed by atoms with Gasteiger partial charge in [-0.15, -0.1) is 0 Å². The molecule has 1 aliphatic carbocycles. The minimum absolute atomic E-state index is 0.667. The number of hydrogen-bond donors (Lipinski definition) is 1. The van der Waals surface area contributed by atoms with Gasteiger partial charge < -0.3 is 10.1 Å². The van der Waals surface area contributed by atoms with Gasteiger partial charge in [0, 0.05) is 6.04 Å². The highest BCUT2D eigenvalue weighted by atomic mass is 16.5. The Kier molecular flexibility index (Phi) is 5.18. The van der Waals surface area contributed by atoms with Crippen molar-refractivity contribution in [2.75, 3.05) is 13.2 Å². The molecule has 1 heterocycles. The second-order valence-electron chi connectivity index (χ2n) is 6.75. The van der Waals surface area contributed by atoms with Gasteiger partial charge in [-0.1, -0.05) is 50.8 Å². The van der Waals surface area contributed by atoms with Gasteiger partial charge in [0.15, 0.2) is 0 Å². The zero-order valence-electron chi connectivity index (χ0n) is 13.3. The Labute approximate surface area is 129 Å². The lowest BCUT2D eigenvalue weighted by atomic mass is 9.84. The van der Waals surface area contributed by atoms with Gasteiger partial charge in [-0.05, 0) is 49.3 Å². The Bertz CT molecular complexity index is 439. The van der Waals surface area contributed by atoms with Crippen LogP contribution in [0.25, 0.3) is 0 Å². The molecule has 2 atom stereocenters. The summed E-state index contributed by atoms with van der Waals surface area (Å²) in [6.45, 7) is 4.20. The lowest BCUT2D eigenvalue weighted by Gasteiger charge is -2.30. The monoisotopic (exact) mass is 287 g/mol. The molecule has 0 radical (unpaired) electrons. The van der Waals surface area contributed by atoms with Crippen molar-refractivity contribution in [2.45, 2.75) is 63.8 Å². The molecular weight excluding hydrogens is 258 g/mol. The van der Waals surface area contributed by atoms with E-state index >= 15 is 0 Å². The number of hydrogen-bond acceptors (Lipinski definition) is 2. The van der Waals surface area contributed by atoms with Crippen LogP contribution in [0.15, 0.2) is 24.3 Å². The number of nitrogens with one attached hydrogen (secondary N) is 1. The Hall–Kier alpha value is -1.02. The summed E-state index contributed by atoms with van der Waals surface area (Å²) in [5, 5.41) is 3.75. The lowest BCUT2D eigenvalue weighted by Crippen LogP contribution is -2.33. The first-order valence-electron chi connectivity index (χ1n) is 8.82. The third-order valence-corrected chi connectivity index (χ3v) is 5.24. The van der Waals surface area contributed by atoms with Crippen LogP contribution in [0.1, 0.15) is 63.4 Å². The molecule has 21 heavy (non-hydrogen) atoms. The van der Waals surface area contributed by atoms with E-state index in [1.54, 1.807) is 0 Å². The van der Waals surface area contributed by atoms with Crippen molar-refractivity contribution >= 4 is 0 Å². The second-order valence-corrected chi connectivity index (χ2v) is 6.75. The largest absolute Gasteiger partial charge is 0.493 e. The summed E-state index contributed by atoms with van der Waals surface area (Å²) in [6.07, 6.45) is 9.60. The Morgan fingerprint density at radius 3 is 2.76 bits per heavy atom. The Morgan fingerprint density at radius 2 is 1.95 bits per heavy atom. The summed E-state index contributed by atoms with van der Waals surface area (Å²) >= 11 is 0. The Morgan fingerprint density at radius 1 is 1.14 bits per heavy atom. The van der Waals surface area contributed by atoms with E-state index in [0.29, 0.717) is 12.0 Å². The van der Waals surface area contributed by atoms with Crippen molar-refractivity contribution in [1.82, 2.24) is 5.32 Å². The van der Waals surface area contributed by atoms with Crippen molar-refractivity contribution in [3.8, 4) is 5.75 Å². The summed E-state index contributed by atoms with van der Waals surface area (Å²) in [7, 11) is 0. The number of fused-ring (bicyclic) bond motifs is 1. The molecule has 116 valence electrons. The topological polar surface area (TPSA) is 21.3 Å². The second kappa shape index (κ2) is 7.31. The van der Waals surface area contributed by atoms with Gasteiger partial charge in [-0.25, -0.2) is 0 Å². The first-order valence-corrected chi connectivity index (χ1v) is 8.82. The maximum absolute atomic E-state index is 5.81. The molecule has 1 N–H and O–H groups in total. The van der Waals surface area contributed by atoms with Crippen LogP contribution >= 0.6 is 0 Å². The van der Waals surface area contributed by atoms with Gasteiger partial charge in [-0.3, -0.25) is 0 Å². The first-order chi connectivity index (χ1) is 10.4. The van der Waals surface area contributed by atoms with Crippen molar-refractivity contribution in [3.63, 3.8) is 0 Å². The third kappa shape index (κ3) is 3.79. The van der Waals surface area contributed by atoms with Crippen molar-refractivity contribution < 1.29 is 4.74 Å². The highest BCUT2D eigenvalue weighted by Crippen LogP contribution is 2.38. The van der Waals surface area contributed by atoms with E-state index in [4.69, 9.17) is 4.74 Å². The molecule has 1 fully saturated rings. The highest BCUT2D eigenvalue weighted by molar-refractivity contribution is 5.37. The highest BCUT2D eigenvalue weighted by Gasteiger charge is 2.26. The summed E-state index contributed by atoms with van der Waals surface area (Å²) in [4.78, 5) is 0. The summed E-state index contributed by atoms with van der Waals surface area (Å²) in [5.74, 6) is 2.74. The van der Waals surface area contributed by atoms with Crippen LogP contribution in [-0.2, 0) is 0 Å². The molecule has 0 saturated heterocycles. The molecule has 0 bridgehead atoms. The fourth-order valence-electron chi connectivity index (χ4n) is 4.20. The van der Waals surface area contributed by atoms with Gasteiger partial charge in [0.2, 0.25) is 0 Å². The average molecular weight is 287 g/mol. The van der Waals surface area contributed by atoms with Crippen LogP contribution in [0, 0.1) is 5.92 Å². The quantitative estimate of drug-likeness (QED) is 0.831. The summed E-state index contributed by atoms with van der Waals surface area (Å²) in [6, 6.07) is 9.30. The van der Waals surface area contributed by atoms with Gasteiger partial charge in [0.05, 0.1) is 6.61 Å². The minimum atomic E-state index is 0.667. The van der Waals surface area contributed by atoms with Crippen LogP contribution < -0.4 is 10.1 Å². The maximum Gasteiger partial charge on any atom is 0.122 e. The van der Waals surface area contributed by atoms with Crippen LogP contribution in [0.2, 0.25) is 0 Å². The van der Waals surface area contributed by atoms with Gasteiger partial charge in [-0.2, -0.15) is 0 Å². The zero-order valence-corrected chi connectivity index (χ0v) is 13.3. The van der Waals surface area contributed by atoms with E-state index in [0.717, 1.165) is 24.8 Å². The number of ether oxygens (including phenoxy) is 1. The Balaban J connectivity index is 1.65. The van der Waals surface area contributed by atoms with Crippen LogP contribution in [-0.4, -0.2) is 19.2 Å². The molecular formula is C19H29NO. The number of rotatable bonds is 6. The zero-order chi connectivity index (χ0) is 14.5. The number of benzene rings is 1. The standard InChI is InChI=1S/C19H29NO/c1-2-20-17(13-15-7-3-4-8-15)14-16-11-12-21-19-10-6-5-9-18(16)19/h5-6,9-10,15-17,20H,2-4,7-8,11-14H2,1H3. The molecule has 1 aromatic carbocycles. The average Bonchev–Trinajstić information content (AvgIpc) is 3.01. The van der Waals surface area contributed by atoms with Gasteiger partial charge in [0.1, 0.15) is 5.75 Å². The van der Waals surface area contributed by atoms with Crippen LogP contribution in [0.4, 0.5) is 0 Å². The van der Waals surface area contributed by atoms with Crippen molar-refractivity contribution in [1.29, 1.82) is 0 Å². The molecule has 2 heteroatoms. The van der Waals surface area contributed by atoms with E-state index in [1.807, 2.05) is 0 Å². The molecule has 1 aliphatic heterocycles. The summed E-state index contributed by atoms with van der Waals surface area (Å²) in [5.41, 5.74) is 1.43. The molecule has 0 amide bonds. The summed E-state index contributed by atoms with van der Waals surface area (Å²) < 4.78 is 5.81. The molecule has 2 aliphatic rings. The lowest BCUT2D eigenvalue weighted by molar-refractivity contribution is 0.249. The molecule has 2 unspecified atom stereocenters. The molecule has 1 saturated carbocycles. The first kappa shape index (κ1) is 14.9. The SMILES string of the molecule is CCNC(CC1CCCC1)CC1CCOc2ccccc21. The van der Waals surface area contributed by atoms with E-state index in [1.165, 1.54) is 50.5 Å². The van der Waals surface area contributed by atoms with E-state index in [-0.39, 0.29) is 0 Å². The normalized spacial score (nSPS) is 23.6. The maximum atomic E-state index is 5.81. The smallest absolute Gasteiger partial charge is 0.122 e. The minimum Gasteiger partial charge on any atom is -0.493 e. The molecule has 2 nitrogen and oxygen atoms in total. The molecule has 0 aromatic heterocycles. The molecule has 0 spiro atoms. The van der Waals surface area contributed by atoms with Crippen LogP contribution in [0.5, 0.6) is 5.75 Å². The number of para-hydroxylation sites is 1. The van der Waals surface area contributed by atoms with E-state index in [9.17, 15) is 0 Å². The van der Waals surface area contributed by atoms with E-state index < -0.39 is 0 Å². The fraction of sp³-hybridized carbons (Fsp3) is 0.684. The van der Waals surface area contributed by atoms with Gasteiger partial charge in [0.25, 0.3) is 0 Å².